The fraction of sp³-hybridized carbons (Fsp3) is 0.267. The van der Waals surface area contributed by atoms with Crippen LogP contribution in [0, 0.1) is 5.82 Å². The van der Waals surface area contributed by atoms with Crippen LogP contribution >= 0.6 is 15.9 Å². The van der Waals surface area contributed by atoms with E-state index in [1.807, 2.05) is 6.07 Å². The number of nitrogens with zero attached hydrogens (tertiary/aromatic N) is 1. The van der Waals surface area contributed by atoms with E-state index in [1.165, 1.54) is 25.0 Å². The molecule has 0 bridgehead atoms. The van der Waals surface area contributed by atoms with Crippen molar-refractivity contribution in [3.05, 3.63) is 52.4 Å². The zero-order chi connectivity index (χ0) is 13.9. The number of nitrogens with one attached hydrogen (secondary N) is 1. The van der Waals surface area contributed by atoms with Crippen molar-refractivity contribution < 1.29 is 9.13 Å². The molecule has 1 heterocycles. The Morgan fingerprint density at radius 3 is 2.80 bits per heavy atom. The molecule has 0 amide bonds. The minimum atomic E-state index is -0.348. The zero-order valence-electron chi connectivity index (χ0n) is 10.8. The van der Waals surface area contributed by atoms with Crippen LogP contribution in [0.15, 0.2) is 41.0 Å². The summed E-state index contributed by atoms with van der Waals surface area (Å²) in [6.07, 6.45) is 4.31. The fourth-order valence-electron chi connectivity index (χ4n) is 1.83. The first-order valence-corrected chi connectivity index (χ1v) is 7.30. The third-order valence-corrected chi connectivity index (χ3v) is 3.49. The van der Waals surface area contributed by atoms with Crippen LogP contribution in [0.2, 0.25) is 0 Å². The molecule has 1 aliphatic carbocycles. The molecule has 3 rings (SSSR count). The van der Waals surface area contributed by atoms with Crippen molar-refractivity contribution in [3.8, 4) is 11.6 Å². The normalized spacial score (nSPS) is 14.3. The molecular weight excluding hydrogens is 323 g/mol. The molecule has 5 heteroatoms. The molecule has 1 N–H and O–H groups in total. The van der Waals surface area contributed by atoms with Crippen molar-refractivity contribution >= 4 is 15.9 Å². The van der Waals surface area contributed by atoms with Crippen molar-refractivity contribution in [3.63, 3.8) is 0 Å². The third-order valence-electron chi connectivity index (χ3n) is 3.03. The second-order valence-electron chi connectivity index (χ2n) is 4.87. The highest BCUT2D eigenvalue weighted by Gasteiger charge is 2.19. The molecular formula is C15H14BrFN2O. The Morgan fingerprint density at radius 1 is 1.30 bits per heavy atom. The van der Waals surface area contributed by atoms with E-state index in [-0.39, 0.29) is 5.82 Å². The standard InChI is InChI=1S/C15H14BrFN2O/c16-11-5-12(17)7-14(6-11)20-15-4-1-10(9-19-15)8-18-13-2-3-13/h1,4-7,9,13,18H,2-3,8H2. The van der Waals surface area contributed by atoms with Gasteiger partial charge in [-0.15, -0.1) is 0 Å². The Labute approximate surface area is 125 Å². The van der Waals surface area contributed by atoms with Gasteiger partial charge in [0.25, 0.3) is 0 Å². The van der Waals surface area contributed by atoms with Crippen LogP contribution < -0.4 is 10.1 Å². The van der Waals surface area contributed by atoms with E-state index in [1.54, 1.807) is 18.3 Å². The lowest BCUT2D eigenvalue weighted by atomic mass is 10.3. The number of hydrogen-bond acceptors (Lipinski definition) is 3. The number of aromatic nitrogens is 1. The van der Waals surface area contributed by atoms with E-state index in [0.29, 0.717) is 22.1 Å². The number of benzene rings is 1. The minimum absolute atomic E-state index is 0.348. The summed E-state index contributed by atoms with van der Waals surface area (Å²) in [4.78, 5) is 4.23. The summed E-state index contributed by atoms with van der Waals surface area (Å²) in [6.45, 7) is 0.823. The van der Waals surface area contributed by atoms with E-state index in [2.05, 4.69) is 26.2 Å². The van der Waals surface area contributed by atoms with Crippen LogP contribution in [0.4, 0.5) is 4.39 Å². The first-order valence-electron chi connectivity index (χ1n) is 6.51. The van der Waals surface area contributed by atoms with Gasteiger partial charge in [-0.3, -0.25) is 0 Å². The van der Waals surface area contributed by atoms with E-state index in [0.717, 1.165) is 12.1 Å². The highest BCUT2D eigenvalue weighted by Crippen LogP contribution is 2.25. The molecule has 1 saturated carbocycles. The monoisotopic (exact) mass is 336 g/mol. The van der Waals surface area contributed by atoms with Crippen molar-refractivity contribution in [1.29, 1.82) is 0 Å². The van der Waals surface area contributed by atoms with E-state index in [4.69, 9.17) is 4.74 Å². The Bertz CT molecular complexity index is 579. The van der Waals surface area contributed by atoms with Crippen molar-refractivity contribution in [2.24, 2.45) is 0 Å². The van der Waals surface area contributed by atoms with Gasteiger partial charge in [-0.2, -0.15) is 0 Å². The number of rotatable bonds is 5. The zero-order valence-corrected chi connectivity index (χ0v) is 12.4. The van der Waals surface area contributed by atoms with Gasteiger partial charge < -0.3 is 10.1 Å². The second-order valence-corrected chi connectivity index (χ2v) is 5.78. The van der Waals surface area contributed by atoms with E-state index in [9.17, 15) is 4.39 Å². The van der Waals surface area contributed by atoms with Crippen molar-refractivity contribution in [2.45, 2.75) is 25.4 Å². The molecule has 0 radical (unpaired) electrons. The minimum Gasteiger partial charge on any atom is -0.439 e. The highest BCUT2D eigenvalue weighted by atomic mass is 79.9. The molecule has 104 valence electrons. The van der Waals surface area contributed by atoms with Crippen LogP contribution in [-0.2, 0) is 6.54 Å². The fourth-order valence-corrected chi connectivity index (χ4v) is 2.28. The Hall–Kier alpha value is -1.46. The third kappa shape index (κ3) is 3.77. The summed E-state index contributed by atoms with van der Waals surface area (Å²) in [5, 5.41) is 3.42. The molecule has 0 saturated heterocycles. The number of halogens is 2. The highest BCUT2D eigenvalue weighted by molar-refractivity contribution is 9.10. The van der Waals surface area contributed by atoms with Gasteiger partial charge in [-0.1, -0.05) is 22.0 Å². The largest absolute Gasteiger partial charge is 0.439 e. The van der Waals surface area contributed by atoms with Crippen LogP contribution in [-0.4, -0.2) is 11.0 Å². The molecule has 0 unspecified atom stereocenters. The second kappa shape index (κ2) is 5.89. The molecule has 2 aromatic rings. The lowest BCUT2D eigenvalue weighted by Gasteiger charge is -2.07. The first-order chi connectivity index (χ1) is 9.69. The molecule has 0 atom stereocenters. The number of ether oxygens (including phenoxy) is 1. The van der Waals surface area contributed by atoms with Crippen LogP contribution in [0.1, 0.15) is 18.4 Å². The van der Waals surface area contributed by atoms with Gasteiger partial charge in [0.2, 0.25) is 5.88 Å². The summed E-state index contributed by atoms with van der Waals surface area (Å²) < 4.78 is 19.4. The molecule has 1 aromatic carbocycles. The average molecular weight is 337 g/mol. The maximum Gasteiger partial charge on any atom is 0.219 e. The maximum absolute atomic E-state index is 13.2. The van der Waals surface area contributed by atoms with Crippen molar-refractivity contribution in [2.75, 3.05) is 0 Å². The molecule has 0 aliphatic heterocycles. The summed E-state index contributed by atoms with van der Waals surface area (Å²) >= 11 is 3.23. The van der Waals surface area contributed by atoms with Crippen LogP contribution in [0.25, 0.3) is 0 Å². The Morgan fingerprint density at radius 2 is 2.15 bits per heavy atom. The lowest BCUT2D eigenvalue weighted by Crippen LogP contribution is -2.15. The quantitative estimate of drug-likeness (QED) is 0.895. The number of pyridine rings is 1. The molecule has 0 spiro atoms. The van der Waals surface area contributed by atoms with Gasteiger partial charge in [0.05, 0.1) is 0 Å². The van der Waals surface area contributed by atoms with E-state index < -0.39 is 0 Å². The number of hydrogen-bond donors (Lipinski definition) is 1. The molecule has 1 aromatic heterocycles. The molecule has 1 fully saturated rings. The summed E-state index contributed by atoms with van der Waals surface area (Å²) in [6, 6.07) is 8.85. The summed E-state index contributed by atoms with van der Waals surface area (Å²) in [7, 11) is 0. The molecule has 20 heavy (non-hydrogen) atoms. The summed E-state index contributed by atoms with van der Waals surface area (Å²) in [5.41, 5.74) is 1.12. The lowest BCUT2D eigenvalue weighted by molar-refractivity contribution is 0.457. The predicted molar refractivity (Wildman–Crippen MR) is 78.3 cm³/mol. The first kappa shape index (κ1) is 13.5. The van der Waals surface area contributed by atoms with Gasteiger partial charge in [-0.05, 0) is 30.5 Å². The topological polar surface area (TPSA) is 34.1 Å². The predicted octanol–water partition coefficient (Wildman–Crippen LogP) is 4.03. The van der Waals surface area contributed by atoms with Crippen molar-refractivity contribution in [1.82, 2.24) is 10.3 Å². The van der Waals surface area contributed by atoms with Crippen LogP contribution in [0.3, 0.4) is 0 Å². The Balaban J connectivity index is 1.64. The van der Waals surface area contributed by atoms with E-state index >= 15 is 0 Å². The average Bonchev–Trinajstić information content (AvgIpc) is 3.21. The Kier molecular flexibility index (Phi) is 3.98. The van der Waals surface area contributed by atoms with Crippen LogP contribution in [0.5, 0.6) is 11.6 Å². The van der Waals surface area contributed by atoms with Gasteiger partial charge in [0.15, 0.2) is 0 Å². The maximum atomic E-state index is 13.2. The van der Waals surface area contributed by atoms with Gasteiger partial charge >= 0.3 is 0 Å². The van der Waals surface area contributed by atoms with Gasteiger partial charge in [0, 0.05) is 35.4 Å². The van der Waals surface area contributed by atoms with Gasteiger partial charge in [-0.25, -0.2) is 9.37 Å². The molecule has 3 nitrogen and oxygen atoms in total. The molecule has 1 aliphatic rings. The SMILES string of the molecule is Fc1cc(Br)cc(Oc2ccc(CNC3CC3)cn2)c1. The summed E-state index contributed by atoms with van der Waals surface area (Å²) in [5.74, 6) is 0.533. The smallest absolute Gasteiger partial charge is 0.219 e. The van der Waals surface area contributed by atoms with Gasteiger partial charge in [0.1, 0.15) is 11.6 Å².